The Hall–Kier alpha value is -0.860. The summed E-state index contributed by atoms with van der Waals surface area (Å²) in [6.07, 6.45) is 1.08. The van der Waals surface area contributed by atoms with Crippen LogP contribution < -0.4 is 5.32 Å². The Morgan fingerprint density at radius 2 is 1.81 bits per heavy atom. The normalized spacial score (nSPS) is 13.8. The van der Waals surface area contributed by atoms with Gasteiger partial charge in [0.2, 0.25) is 0 Å². The Morgan fingerprint density at radius 3 is 2.19 bits per heavy atom. The smallest absolute Gasteiger partial charge is 0.0816 e. The van der Waals surface area contributed by atoms with Crippen molar-refractivity contribution in [3.63, 3.8) is 0 Å². The summed E-state index contributed by atoms with van der Waals surface area (Å²) in [5.74, 6) is 0. The Bertz CT molecular complexity index is 316. The van der Waals surface area contributed by atoms with E-state index in [1.807, 2.05) is 7.05 Å². The molecule has 2 heteroatoms. The van der Waals surface area contributed by atoms with Gasteiger partial charge in [0, 0.05) is 7.11 Å². The van der Waals surface area contributed by atoms with E-state index in [-0.39, 0.29) is 11.6 Å². The highest BCUT2D eigenvalue weighted by Gasteiger charge is 2.29. The number of likely N-dealkylation sites (N-methyl/N-ethyl adjacent to an activating group) is 1. The van der Waals surface area contributed by atoms with Crippen LogP contribution in [0.2, 0.25) is 0 Å². The number of hydrogen-bond acceptors (Lipinski definition) is 2. The maximum Gasteiger partial charge on any atom is 0.0816 e. The Morgan fingerprint density at radius 1 is 1.25 bits per heavy atom. The van der Waals surface area contributed by atoms with Crippen LogP contribution in [0, 0.1) is 0 Å². The summed E-state index contributed by atoms with van der Waals surface area (Å²) < 4.78 is 5.54. The molecule has 0 spiro atoms. The van der Waals surface area contributed by atoms with Gasteiger partial charge in [-0.15, -0.1) is 0 Å². The Labute approximate surface area is 99.0 Å². The van der Waals surface area contributed by atoms with Gasteiger partial charge in [0.15, 0.2) is 0 Å². The van der Waals surface area contributed by atoms with Crippen LogP contribution in [-0.4, -0.2) is 19.8 Å². The van der Waals surface area contributed by atoms with E-state index in [0.29, 0.717) is 0 Å². The molecule has 0 bridgehead atoms. The summed E-state index contributed by atoms with van der Waals surface area (Å²) in [5.41, 5.74) is 2.43. The third-order valence-corrected chi connectivity index (χ3v) is 3.23. The first-order valence-electron chi connectivity index (χ1n) is 5.86. The molecule has 0 fully saturated rings. The average Bonchev–Trinajstić information content (AvgIpc) is 2.30. The summed E-state index contributed by atoms with van der Waals surface area (Å²) in [4.78, 5) is 0. The topological polar surface area (TPSA) is 21.3 Å². The van der Waals surface area contributed by atoms with E-state index >= 15 is 0 Å². The third-order valence-electron chi connectivity index (χ3n) is 3.23. The molecule has 0 aliphatic carbocycles. The first kappa shape index (κ1) is 13.2. The lowest BCUT2D eigenvalue weighted by Crippen LogP contribution is -2.39. The van der Waals surface area contributed by atoms with Crippen molar-refractivity contribution in [2.75, 3.05) is 14.2 Å². The highest BCUT2D eigenvalue weighted by atomic mass is 16.5. The number of ether oxygens (including phenoxy) is 1. The van der Waals surface area contributed by atoms with E-state index in [2.05, 4.69) is 50.4 Å². The predicted molar refractivity (Wildman–Crippen MR) is 68.7 cm³/mol. The fourth-order valence-electron chi connectivity index (χ4n) is 1.98. The summed E-state index contributed by atoms with van der Waals surface area (Å²) in [5, 5.41) is 3.32. The lowest BCUT2D eigenvalue weighted by molar-refractivity contribution is -0.00899. The van der Waals surface area contributed by atoms with Gasteiger partial charge in [-0.2, -0.15) is 0 Å². The molecule has 0 aliphatic rings. The van der Waals surface area contributed by atoms with Crippen LogP contribution in [0.3, 0.4) is 0 Å². The quantitative estimate of drug-likeness (QED) is 0.825. The van der Waals surface area contributed by atoms with Crippen molar-refractivity contribution in [3.8, 4) is 0 Å². The SMILES string of the molecule is CCc1ccc(C(NC)C(C)(C)OC)cc1. The second-order valence-electron chi connectivity index (χ2n) is 4.62. The monoisotopic (exact) mass is 221 g/mol. The minimum atomic E-state index is -0.206. The summed E-state index contributed by atoms with van der Waals surface area (Å²) in [7, 11) is 3.73. The molecule has 1 N–H and O–H groups in total. The standard InChI is InChI=1S/C14H23NO/c1-6-11-7-9-12(10-8-11)13(15-4)14(2,3)16-5/h7-10,13,15H,6H2,1-5H3. The van der Waals surface area contributed by atoms with E-state index in [9.17, 15) is 0 Å². The van der Waals surface area contributed by atoms with Crippen molar-refractivity contribution in [1.29, 1.82) is 0 Å². The summed E-state index contributed by atoms with van der Waals surface area (Å²) in [6, 6.07) is 8.95. The molecular weight excluding hydrogens is 198 g/mol. The van der Waals surface area contributed by atoms with Crippen molar-refractivity contribution < 1.29 is 4.74 Å². The molecule has 0 heterocycles. The van der Waals surface area contributed by atoms with Gasteiger partial charge in [0.1, 0.15) is 0 Å². The van der Waals surface area contributed by atoms with Gasteiger partial charge in [-0.25, -0.2) is 0 Å². The molecule has 1 unspecified atom stereocenters. The number of aryl methyl sites for hydroxylation is 1. The number of methoxy groups -OCH3 is 1. The van der Waals surface area contributed by atoms with Gasteiger partial charge in [0.05, 0.1) is 11.6 Å². The summed E-state index contributed by atoms with van der Waals surface area (Å²) in [6.45, 7) is 6.37. The van der Waals surface area contributed by atoms with E-state index in [1.54, 1.807) is 7.11 Å². The Balaban J connectivity index is 2.95. The molecule has 0 saturated heterocycles. The van der Waals surface area contributed by atoms with Crippen molar-refractivity contribution in [2.24, 2.45) is 0 Å². The van der Waals surface area contributed by atoms with Crippen molar-refractivity contribution in [2.45, 2.75) is 38.8 Å². The number of rotatable bonds is 5. The summed E-state index contributed by atoms with van der Waals surface area (Å²) >= 11 is 0. The van der Waals surface area contributed by atoms with E-state index in [4.69, 9.17) is 4.74 Å². The van der Waals surface area contributed by atoms with Crippen LogP contribution in [0.5, 0.6) is 0 Å². The maximum atomic E-state index is 5.54. The zero-order chi connectivity index (χ0) is 12.2. The fourth-order valence-corrected chi connectivity index (χ4v) is 1.98. The van der Waals surface area contributed by atoms with Crippen LogP contribution in [-0.2, 0) is 11.2 Å². The van der Waals surface area contributed by atoms with Gasteiger partial charge in [-0.05, 0) is 38.4 Å². The average molecular weight is 221 g/mol. The molecule has 1 rings (SSSR count). The molecule has 0 amide bonds. The second kappa shape index (κ2) is 5.46. The number of hydrogen-bond donors (Lipinski definition) is 1. The van der Waals surface area contributed by atoms with E-state index < -0.39 is 0 Å². The predicted octanol–water partition coefficient (Wildman–Crippen LogP) is 2.93. The largest absolute Gasteiger partial charge is 0.377 e. The molecule has 2 nitrogen and oxygen atoms in total. The van der Waals surface area contributed by atoms with E-state index in [0.717, 1.165) is 6.42 Å². The molecule has 0 aromatic heterocycles. The Kier molecular flexibility index (Phi) is 4.51. The highest BCUT2D eigenvalue weighted by Crippen LogP contribution is 2.28. The molecule has 1 aromatic rings. The highest BCUT2D eigenvalue weighted by molar-refractivity contribution is 5.26. The number of benzene rings is 1. The molecule has 1 aromatic carbocycles. The minimum absolute atomic E-state index is 0.206. The zero-order valence-electron chi connectivity index (χ0n) is 11.0. The molecule has 0 radical (unpaired) electrons. The lowest BCUT2D eigenvalue weighted by atomic mass is 9.91. The van der Waals surface area contributed by atoms with Crippen molar-refractivity contribution in [3.05, 3.63) is 35.4 Å². The first-order chi connectivity index (χ1) is 7.55. The number of nitrogens with one attached hydrogen (secondary N) is 1. The molecular formula is C14H23NO. The molecule has 0 aliphatic heterocycles. The third kappa shape index (κ3) is 2.83. The van der Waals surface area contributed by atoms with Crippen LogP contribution in [0.1, 0.15) is 37.9 Å². The lowest BCUT2D eigenvalue weighted by Gasteiger charge is -2.33. The maximum absolute atomic E-state index is 5.54. The van der Waals surface area contributed by atoms with Gasteiger partial charge in [0.25, 0.3) is 0 Å². The van der Waals surface area contributed by atoms with Gasteiger partial charge < -0.3 is 10.1 Å². The molecule has 90 valence electrons. The van der Waals surface area contributed by atoms with Gasteiger partial charge in [-0.1, -0.05) is 31.2 Å². The molecule has 1 atom stereocenters. The van der Waals surface area contributed by atoms with E-state index in [1.165, 1.54) is 11.1 Å². The second-order valence-corrected chi connectivity index (χ2v) is 4.62. The molecule has 0 saturated carbocycles. The zero-order valence-corrected chi connectivity index (χ0v) is 11.0. The minimum Gasteiger partial charge on any atom is -0.377 e. The van der Waals surface area contributed by atoms with Crippen molar-refractivity contribution in [1.82, 2.24) is 5.32 Å². The van der Waals surface area contributed by atoms with Crippen LogP contribution >= 0.6 is 0 Å². The first-order valence-corrected chi connectivity index (χ1v) is 5.86. The van der Waals surface area contributed by atoms with Gasteiger partial charge in [-0.3, -0.25) is 0 Å². The van der Waals surface area contributed by atoms with Crippen LogP contribution in [0.15, 0.2) is 24.3 Å². The molecule has 16 heavy (non-hydrogen) atoms. The fraction of sp³-hybridized carbons (Fsp3) is 0.571. The van der Waals surface area contributed by atoms with Crippen molar-refractivity contribution >= 4 is 0 Å². The van der Waals surface area contributed by atoms with Gasteiger partial charge >= 0.3 is 0 Å². The van der Waals surface area contributed by atoms with Crippen LogP contribution in [0.25, 0.3) is 0 Å². The van der Waals surface area contributed by atoms with Crippen LogP contribution in [0.4, 0.5) is 0 Å².